The van der Waals surface area contributed by atoms with Gasteiger partial charge >= 0.3 is 0 Å². The predicted molar refractivity (Wildman–Crippen MR) is 92.9 cm³/mol. The predicted octanol–water partition coefficient (Wildman–Crippen LogP) is 3.34. The lowest BCUT2D eigenvalue weighted by Gasteiger charge is -2.05. The molecule has 0 heterocycles. The van der Waals surface area contributed by atoms with Crippen molar-refractivity contribution in [3.05, 3.63) is 65.2 Å². The van der Waals surface area contributed by atoms with E-state index < -0.39 is 0 Å². The number of aryl methyl sites for hydroxylation is 1. The fourth-order valence-corrected chi connectivity index (χ4v) is 2.16. The van der Waals surface area contributed by atoms with Crippen LogP contribution in [-0.4, -0.2) is 18.7 Å². The van der Waals surface area contributed by atoms with Gasteiger partial charge in [0.1, 0.15) is 5.75 Å². The van der Waals surface area contributed by atoms with E-state index >= 15 is 0 Å². The largest absolute Gasteiger partial charge is 0.497 e. The molecule has 0 fully saturated rings. The van der Waals surface area contributed by atoms with Crippen molar-refractivity contribution in [1.29, 1.82) is 0 Å². The molecule has 1 N–H and O–H groups in total. The Morgan fingerprint density at radius 1 is 1.04 bits per heavy atom. The minimum Gasteiger partial charge on any atom is -0.497 e. The molecule has 0 aliphatic carbocycles. The minimum atomic E-state index is -0.123. The van der Waals surface area contributed by atoms with Gasteiger partial charge in [-0.15, -0.1) is 0 Å². The summed E-state index contributed by atoms with van der Waals surface area (Å²) in [5, 5.41) is 4.16. The molecule has 0 radical (unpaired) electrons. The first-order valence-corrected chi connectivity index (χ1v) is 7.67. The topological polar surface area (TPSA) is 50.7 Å². The van der Waals surface area contributed by atoms with E-state index in [1.54, 1.807) is 7.11 Å². The summed E-state index contributed by atoms with van der Waals surface area (Å²) in [5.74, 6) is 0.670. The number of hydrazone groups is 1. The normalized spacial score (nSPS) is 11.2. The van der Waals surface area contributed by atoms with Gasteiger partial charge in [-0.25, -0.2) is 5.43 Å². The molecule has 23 heavy (non-hydrogen) atoms. The molecule has 120 valence electrons. The number of carbonyl (C=O) groups excluding carboxylic acids is 1. The second kappa shape index (κ2) is 8.13. The summed E-state index contributed by atoms with van der Waals surface area (Å²) < 4.78 is 5.12. The highest BCUT2D eigenvalue weighted by molar-refractivity contribution is 5.99. The average molecular weight is 310 g/mol. The Kier molecular flexibility index (Phi) is 5.92. The van der Waals surface area contributed by atoms with E-state index in [1.807, 2.05) is 43.3 Å². The van der Waals surface area contributed by atoms with Gasteiger partial charge in [-0.2, -0.15) is 5.10 Å². The molecule has 4 nitrogen and oxygen atoms in total. The van der Waals surface area contributed by atoms with Crippen molar-refractivity contribution in [2.45, 2.75) is 26.7 Å². The molecule has 0 aromatic heterocycles. The number of nitrogens with one attached hydrogen (secondary N) is 1. The molecule has 0 aliphatic rings. The van der Waals surface area contributed by atoms with Gasteiger partial charge in [-0.3, -0.25) is 4.79 Å². The van der Waals surface area contributed by atoms with Gasteiger partial charge in [0.25, 0.3) is 0 Å². The molecule has 0 aliphatic heterocycles. The first-order chi connectivity index (χ1) is 11.1. The molecule has 1 amide bonds. The first-order valence-electron chi connectivity index (χ1n) is 7.67. The molecular formula is C19H22N2O2. The minimum absolute atomic E-state index is 0.123. The Balaban J connectivity index is 1.93. The van der Waals surface area contributed by atoms with E-state index in [-0.39, 0.29) is 5.91 Å². The molecule has 2 rings (SSSR count). The zero-order chi connectivity index (χ0) is 16.7. The van der Waals surface area contributed by atoms with Crippen molar-refractivity contribution in [2.75, 3.05) is 7.11 Å². The third-order valence-electron chi connectivity index (χ3n) is 3.65. The lowest BCUT2D eigenvalue weighted by molar-refractivity contribution is -0.120. The lowest BCUT2D eigenvalue weighted by atomic mass is 10.1. The SMILES string of the molecule is CCc1ccc(CC(=O)N/N=C(/C)c2ccc(OC)cc2)cc1. The fraction of sp³-hybridized carbons (Fsp3) is 0.263. The van der Waals surface area contributed by atoms with Gasteiger partial charge in [0.2, 0.25) is 5.91 Å². The van der Waals surface area contributed by atoms with Crippen LogP contribution in [0.3, 0.4) is 0 Å². The molecular weight excluding hydrogens is 288 g/mol. The average Bonchev–Trinajstić information content (AvgIpc) is 2.60. The van der Waals surface area contributed by atoms with Crippen LogP contribution in [0.1, 0.15) is 30.5 Å². The third-order valence-corrected chi connectivity index (χ3v) is 3.65. The maximum Gasteiger partial charge on any atom is 0.244 e. The number of rotatable bonds is 6. The number of hydrogen-bond donors (Lipinski definition) is 1. The molecule has 0 saturated heterocycles. The van der Waals surface area contributed by atoms with Gasteiger partial charge in [0.15, 0.2) is 0 Å². The second-order valence-corrected chi connectivity index (χ2v) is 5.31. The van der Waals surface area contributed by atoms with Gasteiger partial charge in [0.05, 0.1) is 19.2 Å². The summed E-state index contributed by atoms with van der Waals surface area (Å²) in [6.07, 6.45) is 1.32. The van der Waals surface area contributed by atoms with Crippen molar-refractivity contribution in [3.8, 4) is 5.75 Å². The Hall–Kier alpha value is -2.62. The van der Waals surface area contributed by atoms with Crippen molar-refractivity contribution >= 4 is 11.6 Å². The van der Waals surface area contributed by atoms with Crippen molar-refractivity contribution < 1.29 is 9.53 Å². The summed E-state index contributed by atoms with van der Waals surface area (Å²) in [6.45, 7) is 3.97. The van der Waals surface area contributed by atoms with Crippen LogP contribution in [0.4, 0.5) is 0 Å². The van der Waals surface area contributed by atoms with Crippen molar-refractivity contribution in [3.63, 3.8) is 0 Å². The number of methoxy groups -OCH3 is 1. The maximum absolute atomic E-state index is 12.0. The van der Waals surface area contributed by atoms with E-state index in [0.29, 0.717) is 6.42 Å². The number of nitrogens with zero attached hydrogens (tertiary/aromatic N) is 1. The standard InChI is InChI=1S/C19H22N2O2/c1-4-15-5-7-16(8-6-15)13-19(22)21-20-14(2)17-9-11-18(23-3)12-10-17/h5-12H,4,13H2,1-3H3,(H,21,22)/b20-14-. The van der Waals surface area contributed by atoms with Crippen LogP contribution < -0.4 is 10.2 Å². The highest BCUT2D eigenvalue weighted by atomic mass is 16.5. The van der Waals surface area contributed by atoms with E-state index in [0.717, 1.165) is 29.0 Å². The van der Waals surface area contributed by atoms with E-state index in [9.17, 15) is 4.79 Å². The zero-order valence-electron chi connectivity index (χ0n) is 13.8. The van der Waals surface area contributed by atoms with Gasteiger partial charge < -0.3 is 4.74 Å². The van der Waals surface area contributed by atoms with Crippen molar-refractivity contribution in [1.82, 2.24) is 5.43 Å². The number of benzene rings is 2. The van der Waals surface area contributed by atoms with E-state index in [4.69, 9.17) is 4.74 Å². The second-order valence-electron chi connectivity index (χ2n) is 5.31. The Morgan fingerprint density at radius 3 is 2.22 bits per heavy atom. The number of carbonyl (C=O) groups is 1. The molecule has 0 spiro atoms. The van der Waals surface area contributed by atoms with Gasteiger partial charge in [-0.1, -0.05) is 31.2 Å². The molecule has 0 unspecified atom stereocenters. The molecule has 0 saturated carbocycles. The van der Waals surface area contributed by atoms with Crippen LogP contribution in [-0.2, 0) is 17.6 Å². The summed E-state index contributed by atoms with van der Waals surface area (Å²) in [4.78, 5) is 12.0. The summed E-state index contributed by atoms with van der Waals surface area (Å²) in [6, 6.07) is 15.6. The fourth-order valence-electron chi connectivity index (χ4n) is 2.16. The summed E-state index contributed by atoms with van der Waals surface area (Å²) in [7, 11) is 1.63. The smallest absolute Gasteiger partial charge is 0.244 e. The van der Waals surface area contributed by atoms with Gasteiger partial charge in [-0.05, 0) is 54.3 Å². The van der Waals surface area contributed by atoms with Gasteiger partial charge in [0, 0.05) is 0 Å². The number of hydrogen-bond acceptors (Lipinski definition) is 3. The summed E-state index contributed by atoms with van der Waals surface area (Å²) >= 11 is 0. The van der Waals surface area contributed by atoms with Crippen molar-refractivity contribution in [2.24, 2.45) is 5.10 Å². The highest BCUT2D eigenvalue weighted by Gasteiger charge is 2.04. The molecule has 4 heteroatoms. The van der Waals surface area contributed by atoms with Crippen LogP contribution >= 0.6 is 0 Å². The monoisotopic (exact) mass is 310 g/mol. The maximum atomic E-state index is 12.0. The Morgan fingerprint density at radius 2 is 1.65 bits per heavy atom. The van der Waals surface area contributed by atoms with E-state index in [1.165, 1.54) is 5.56 Å². The lowest BCUT2D eigenvalue weighted by Crippen LogP contribution is -2.21. The zero-order valence-corrected chi connectivity index (χ0v) is 13.8. The van der Waals surface area contributed by atoms with Crippen LogP contribution in [0, 0.1) is 0 Å². The highest BCUT2D eigenvalue weighted by Crippen LogP contribution is 2.12. The number of amides is 1. The Bertz CT molecular complexity index is 674. The molecule has 2 aromatic rings. The Labute approximate surface area is 137 Å². The van der Waals surface area contributed by atoms with E-state index in [2.05, 4.69) is 29.6 Å². The third kappa shape index (κ3) is 4.95. The van der Waals surface area contributed by atoms with Crippen LogP contribution in [0.5, 0.6) is 5.75 Å². The van der Waals surface area contributed by atoms with Crippen LogP contribution in [0.2, 0.25) is 0 Å². The summed E-state index contributed by atoms with van der Waals surface area (Å²) in [5.41, 5.74) is 6.55. The quantitative estimate of drug-likeness (QED) is 0.657. The first kappa shape index (κ1) is 16.7. The van der Waals surface area contributed by atoms with Crippen LogP contribution in [0.15, 0.2) is 53.6 Å². The number of ether oxygens (including phenoxy) is 1. The van der Waals surface area contributed by atoms with Crippen LogP contribution in [0.25, 0.3) is 0 Å². The molecule has 2 aromatic carbocycles. The molecule has 0 bridgehead atoms. The molecule has 0 atom stereocenters.